The van der Waals surface area contributed by atoms with E-state index in [0.29, 0.717) is 0 Å². The molecular weight excluding hydrogens is 734 g/mol. The van der Waals surface area contributed by atoms with Crippen molar-refractivity contribution in [1.82, 2.24) is 0 Å². The van der Waals surface area contributed by atoms with Crippen molar-refractivity contribution in [3.8, 4) is 20.0 Å². The fraction of sp³-hybridized carbons (Fsp3) is 0.104. The van der Waals surface area contributed by atoms with Crippen LogP contribution in [0.4, 0.5) is 0 Å². The Morgan fingerprint density at radius 1 is 0.540 bits per heavy atom. The molecule has 2 aliphatic rings. The van der Waals surface area contributed by atoms with Crippen LogP contribution >= 0.6 is 0 Å². The third-order valence-electron chi connectivity index (χ3n) is 8.80. The van der Waals surface area contributed by atoms with E-state index >= 15 is 0 Å². The van der Waals surface area contributed by atoms with E-state index in [1.807, 2.05) is 0 Å². The molecule has 7 rings (SSSR count). The molecule has 0 nitrogen and oxygen atoms in total. The van der Waals surface area contributed by atoms with E-state index < -0.39 is 0 Å². The summed E-state index contributed by atoms with van der Waals surface area (Å²) in [6.07, 6.45) is 23.0. The Balaban J connectivity index is 1.15. The maximum absolute atomic E-state index is 2.40. The molecule has 50 heavy (non-hydrogen) atoms. The quantitative estimate of drug-likeness (QED) is 0.138. The molecule has 1 aliphatic heterocycles. The first kappa shape index (κ1) is 33.9. The summed E-state index contributed by atoms with van der Waals surface area (Å²) in [6.45, 7) is 4.77. The average molecular weight is 776 g/mol. The van der Waals surface area contributed by atoms with Crippen molar-refractivity contribution in [1.29, 1.82) is 0 Å². The Bertz CT molecular complexity index is 2040. The predicted molar refractivity (Wildman–Crippen MR) is 219 cm³/mol. The number of hydrogen-bond donors (Lipinski definition) is 0. The minimum absolute atomic E-state index is 0.205. The van der Waals surface area contributed by atoms with Gasteiger partial charge in [0.25, 0.3) is 0 Å². The van der Waals surface area contributed by atoms with E-state index in [9.17, 15) is 0 Å². The topological polar surface area (TPSA) is 0 Å². The Labute approximate surface area is 310 Å². The van der Waals surface area contributed by atoms with Gasteiger partial charge in [0.2, 0.25) is 0 Å². The van der Waals surface area contributed by atoms with Crippen LogP contribution in [0.25, 0.3) is 35.0 Å². The van der Waals surface area contributed by atoms with Crippen molar-refractivity contribution >= 4 is 44.5 Å². The van der Waals surface area contributed by atoms with Crippen LogP contribution in [0.15, 0.2) is 199 Å². The summed E-state index contributed by atoms with van der Waals surface area (Å²) in [5.74, 6) is 0. The first-order chi connectivity index (χ1) is 24.5. The second kappa shape index (κ2) is 16.0. The van der Waals surface area contributed by atoms with Gasteiger partial charge in [-0.05, 0) is 0 Å². The monoisotopic (exact) mass is 777 g/mol. The Hall–Kier alpha value is -4.55. The zero-order chi connectivity index (χ0) is 34.2. The summed E-state index contributed by atoms with van der Waals surface area (Å²) in [5, 5.41) is 0. The van der Waals surface area contributed by atoms with E-state index in [4.69, 9.17) is 0 Å². The van der Waals surface area contributed by atoms with E-state index in [1.165, 1.54) is 62.4 Å². The maximum atomic E-state index is 2.40. The van der Waals surface area contributed by atoms with Crippen molar-refractivity contribution < 1.29 is 0 Å². The van der Waals surface area contributed by atoms with Gasteiger partial charge in [-0.2, -0.15) is 0 Å². The van der Waals surface area contributed by atoms with E-state index in [-0.39, 0.29) is 34.9 Å². The number of hydrogen-bond acceptors (Lipinski definition) is 0. The molecule has 0 fully saturated rings. The minimum atomic E-state index is 0.205. The van der Waals surface area contributed by atoms with Crippen molar-refractivity contribution in [3.63, 3.8) is 0 Å². The van der Waals surface area contributed by atoms with Crippen molar-refractivity contribution in [2.75, 3.05) is 0 Å². The number of benzene rings is 4. The van der Waals surface area contributed by atoms with Gasteiger partial charge in [0, 0.05) is 0 Å². The van der Waals surface area contributed by atoms with Gasteiger partial charge in [-0.3, -0.25) is 0 Å². The molecule has 0 spiro atoms. The second-order valence-corrected chi connectivity index (χ2v) is 18.1. The van der Waals surface area contributed by atoms with Gasteiger partial charge in [0.05, 0.1) is 0 Å². The van der Waals surface area contributed by atoms with E-state index in [2.05, 4.69) is 202 Å². The summed E-state index contributed by atoms with van der Waals surface area (Å²) in [6, 6.07) is 48.1. The van der Waals surface area contributed by atoms with E-state index in [0.717, 1.165) is 12.8 Å². The molecule has 0 bridgehead atoms. The average Bonchev–Trinajstić information content (AvgIpc) is 3.15. The molecule has 5 aromatic rings. The van der Waals surface area contributed by atoms with Crippen LogP contribution in [0.1, 0.15) is 43.4 Å². The second-order valence-electron chi connectivity index (χ2n) is 13.6. The normalized spacial score (nSPS) is 16.7. The van der Waals surface area contributed by atoms with Crippen LogP contribution in [-0.4, -0.2) is 29.5 Å². The Morgan fingerprint density at radius 3 is 1.54 bits per heavy atom. The molecule has 0 unspecified atom stereocenters. The molecule has 0 atom stereocenters. The first-order valence-electron chi connectivity index (χ1n) is 17.2. The zero-order valence-electron chi connectivity index (χ0n) is 28.6. The van der Waals surface area contributed by atoms with Crippen LogP contribution in [0.5, 0.6) is 0 Å². The molecule has 0 saturated heterocycles. The number of rotatable bonds is 8. The standard InChI is InChI=1S/C48H41Se2/c1-48(2)34-38(19-15-17-36-30-44(40-21-7-3-8-22-40)49-45(31-36)41-23-9-4-10-24-41)29-39(35-48)20-16-18-37-32-46(42-25-11-5-12-26-42)50-47(33-37)43-27-13-6-14-28-43/h3-33H,34-35H2,1-2H3/q+1. The molecule has 0 radical (unpaired) electrons. The van der Waals surface area contributed by atoms with Crippen molar-refractivity contribution in [2.24, 2.45) is 5.41 Å². The fourth-order valence-electron chi connectivity index (χ4n) is 6.50. The molecule has 2 heteroatoms. The SMILES string of the molecule is CC1(C)CC(/C=C/C=C2C=C(c3ccccc3)[Se]C(c3ccccc3)=C2)=CC(=C/C=C/c2cc(-c3ccccc3)[se+]c(-c3ccccc3)c2)/C1. The predicted octanol–water partition coefficient (Wildman–Crippen LogP) is 12.3. The van der Waals surface area contributed by atoms with Crippen LogP contribution in [0, 0.1) is 5.41 Å². The molecule has 0 saturated carbocycles. The zero-order valence-corrected chi connectivity index (χ0v) is 32.1. The molecule has 1 aliphatic carbocycles. The third-order valence-corrected chi connectivity index (χ3v) is 13.6. The van der Waals surface area contributed by atoms with Crippen molar-refractivity contribution in [2.45, 2.75) is 26.7 Å². The molecule has 0 amide bonds. The van der Waals surface area contributed by atoms with Crippen LogP contribution in [-0.2, 0) is 0 Å². The summed E-state index contributed by atoms with van der Waals surface area (Å²) in [7, 11) is 0. The van der Waals surface area contributed by atoms with Gasteiger partial charge in [-0.25, -0.2) is 0 Å². The molecule has 244 valence electrons. The molecule has 1 aromatic heterocycles. The summed E-state index contributed by atoms with van der Waals surface area (Å²) < 4.78 is 5.68. The molecular formula is C48H41Se2+. The molecule has 4 aromatic carbocycles. The van der Waals surface area contributed by atoms with Gasteiger partial charge in [-0.1, -0.05) is 0 Å². The number of allylic oxidation sites excluding steroid dienone is 11. The first-order valence-corrected chi connectivity index (χ1v) is 20.7. The Morgan fingerprint density at radius 2 is 1.02 bits per heavy atom. The summed E-state index contributed by atoms with van der Waals surface area (Å²) >= 11 is 0.503. The van der Waals surface area contributed by atoms with Gasteiger partial charge >= 0.3 is 312 Å². The van der Waals surface area contributed by atoms with Gasteiger partial charge < -0.3 is 0 Å². The molecule has 0 N–H and O–H groups in total. The van der Waals surface area contributed by atoms with Crippen LogP contribution < -0.4 is 0 Å². The van der Waals surface area contributed by atoms with Crippen molar-refractivity contribution in [3.05, 3.63) is 215 Å². The van der Waals surface area contributed by atoms with Crippen LogP contribution in [0.3, 0.4) is 0 Å². The summed E-state index contributed by atoms with van der Waals surface area (Å²) in [5.41, 5.74) is 10.7. The summed E-state index contributed by atoms with van der Waals surface area (Å²) in [4.78, 5) is 0. The Kier molecular flexibility index (Phi) is 10.8. The fourth-order valence-corrected chi connectivity index (χ4v) is 11.3. The molecule has 2 heterocycles. The van der Waals surface area contributed by atoms with E-state index in [1.54, 1.807) is 0 Å². The van der Waals surface area contributed by atoms with Gasteiger partial charge in [0.15, 0.2) is 0 Å². The van der Waals surface area contributed by atoms with Gasteiger partial charge in [0.1, 0.15) is 0 Å². The third kappa shape index (κ3) is 8.97. The van der Waals surface area contributed by atoms with Gasteiger partial charge in [-0.15, -0.1) is 0 Å². The van der Waals surface area contributed by atoms with Crippen LogP contribution in [0.2, 0.25) is 0 Å².